The van der Waals surface area contributed by atoms with Gasteiger partial charge in [0.2, 0.25) is 5.91 Å². The highest BCUT2D eigenvalue weighted by Crippen LogP contribution is 2.34. The average molecular weight is 381 g/mol. The van der Waals surface area contributed by atoms with E-state index in [1.807, 2.05) is 6.92 Å². The fourth-order valence-corrected chi connectivity index (χ4v) is 3.37. The molecular formula is C20H20FN5O2. The van der Waals surface area contributed by atoms with Gasteiger partial charge in [0.05, 0.1) is 18.2 Å². The summed E-state index contributed by atoms with van der Waals surface area (Å²) < 4.78 is 20.2. The van der Waals surface area contributed by atoms with E-state index in [1.54, 1.807) is 30.6 Å². The van der Waals surface area contributed by atoms with Gasteiger partial charge in [0.25, 0.3) is 0 Å². The Balaban J connectivity index is 1.71. The van der Waals surface area contributed by atoms with Gasteiger partial charge in [-0.15, -0.1) is 10.2 Å². The van der Waals surface area contributed by atoms with Crippen LogP contribution in [0.25, 0.3) is 22.0 Å². The predicted octanol–water partition coefficient (Wildman–Crippen LogP) is 3.09. The van der Waals surface area contributed by atoms with Gasteiger partial charge in [-0.2, -0.15) is 0 Å². The molecule has 3 heterocycles. The van der Waals surface area contributed by atoms with Gasteiger partial charge in [0.15, 0.2) is 11.6 Å². The second-order valence-corrected chi connectivity index (χ2v) is 6.91. The minimum absolute atomic E-state index is 0.0817. The number of nitrogens with two attached hydrogens (primary N) is 1. The topological polar surface area (TPSA) is 103 Å². The molecule has 7 nitrogen and oxygen atoms in total. The standard InChI is InChI=1S/C20H20FN5O2/c1-11-4-5-23-9-15(11)14-7-13-8-16(25-26-19(13)18(22)17(14)21)24-20(27)12-3-2-6-28-10-12/h4-5,7-9,12H,2-3,6,10,22H2,1H3,(H,24,25,27). The molecular weight excluding hydrogens is 361 g/mol. The zero-order valence-corrected chi connectivity index (χ0v) is 15.4. The molecule has 1 saturated heterocycles. The van der Waals surface area contributed by atoms with Crippen LogP contribution in [-0.2, 0) is 9.53 Å². The maximum Gasteiger partial charge on any atom is 0.231 e. The number of anilines is 2. The quantitative estimate of drug-likeness (QED) is 0.676. The Labute approximate surface area is 161 Å². The van der Waals surface area contributed by atoms with E-state index in [0.29, 0.717) is 35.5 Å². The highest BCUT2D eigenvalue weighted by atomic mass is 19.1. The Morgan fingerprint density at radius 1 is 1.32 bits per heavy atom. The number of aryl methyl sites for hydroxylation is 1. The van der Waals surface area contributed by atoms with E-state index in [4.69, 9.17) is 10.5 Å². The molecule has 3 N–H and O–H groups in total. The van der Waals surface area contributed by atoms with E-state index in [0.717, 1.165) is 18.4 Å². The molecule has 1 amide bonds. The Hall–Kier alpha value is -3.13. The number of fused-ring (bicyclic) bond motifs is 1. The molecule has 2 aromatic heterocycles. The third-order valence-electron chi connectivity index (χ3n) is 4.96. The van der Waals surface area contributed by atoms with Gasteiger partial charge in [0, 0.05) is 35.5 Å². The largest absolute Gasteiger partial charge is 0.395 e. The molecule has 144 valence electrons. The fourth-order valence-electron chi connectivity index (χ4n) is 3.37. The van der Waals surface area contributed by atoms with Crippen LogP contribution in [-0.4, -0.2) is 34.3 Å². The maximum absolute atomic E-state index is 14.8. The zero-order chi connectivity index (χ0) is 19.7. The summed E-state index contributed by atoms with van der Waals surface area (Å²) in [6, 6.07) is 5.10. The number of nitrogens with zero attached hydrogens (tertiary/aromatic N) is 3. The Morgan fingerprint density at radius 3 is 2.93 bits per heavy atom. The summed E-state index contributed by atoms with van der Waals surface area (Å²) in [7, 11) is 0. The van der Waals surface area contributed by atoms with E-state index < -0.39 is 5.82 Å². The lowest BCUT2D eigenvalue weighted by Crippen LogP contribution is -2.30. The fraction of sp³-hybridized carbons (Fsp3) is 0.300. The molecule has 1 aliphatic heterocycles. The van der Waals surface area contributed by atoms with E-state index in [9.17, 15) is 9.18 Å². The van der Waals surface area contributed by atoms with E-state index >= 15 is 0 Å². The maximum atomic E-state index is 14.8. The first-order valence-corrected chi connectivity index (χ1v) is 9.09. The van der Waals surface area contributed by atoms with Gasteiger partial charge >= 0.3 is 0 Å². The van der Waals surface area contributed by atoms with Crippen molar-refractivity contribution in [2.45, 2.75) is 19.8 Å². The summed E-state index contributed by atoms with van der Waals surface area (Å²) in [4.78, 5) is 16.5. The summed E-state index contributed by atoms with van der Waals surface area (Å²) in [6.45, 7) is 2.95. The summed E-state index contributed by atoms with van der Waals surface area (Å²) >= 11 is 0. The monoisotopic (exact) mass is 381 g/mol. The number of halogens is 1. The van der Waals surface area contributed by atoms with Crippen molar-refractivity contribution in [3.05, 3.63) is 42.0 Å². The second kappa shape index (κ2) is 7.47. The molecule has 0 aliphatic carbocycles. The molecule has 0 bridgehead atoms. The summed E-state index contributed by atoms with van der Waals surface area (Å²) in [5.41, 5.74) is 8.00. The summed E-state index contributed by atoms with van der Waals surface area (Å²) in [6.07, 6.45) is 4.87. The third-order valence-corrected chi connectivity index (χ3v) is 4.96. The number of aromatic nitrogens is 3. The molecule has 1 fully saturated rings. The van der Waals surface area contributed by atoms with Crippen molar-refractivity contribution in [2.75, 3.05) is 24.3 Å². The molecule has 0 saturated carbocycles. The van der Waals surface area contributed by atoms with Crippen molar-refractivity contribution >= 4 is 28.3 Å². The van der Waals surface area contributed by atoms with Crippen molar-refractivity contribution in [3.63, 3.8) is 0 Å². The molecule has 0 radical (unpaired) electrons. The lowest BCUT2D eigenvalue weighted by Gasteiger charge is -2.20. The van der Waals surface area contributed by atoms with E-state index in [2.05, 4.69) is 20.5 Å². The smallest absolute Gasteiger partial charge is 0.231 e. The SMILES string of the molecule is Cc1ccncc1-c1cc2cc(NC(=O)C3CCCOC3)nnc2c(N)c1F. The van der Waals surface area contributed by atoms with Crippen LogP contribution in [0.1, 0.15) is 18.4 Å². The molecule has 1 aromatic carbocycles. The zero-order valence-electron chi connectivity index (χ0n) is 15.4. The molecule has 8 heteroatoms. The lowest BCUT2D eigenvalue weighted by molar-refractivity contribution is -0.123. The minimum atomic E-state index is -0.561. The normalized spacial score (nSPS) is 16.9. The molecule has 1 aliphatic rings. The first-order valence-electron chi connectivity index (χ1n) is 9.09. The molecule has 4 rings (SSSR count). The highest BCUT2D eigenvalue weighted by molar-refractivity contribution is 5.98. The van der Waals surface area contributed by atoms with Crippen LogP contribution >= 0.6 is 0 Å². The minimum Gasteiger partial charge on any atom is -0.395 e. The second-order valence-electron chi connectivity index (χ2n) is 6.91. The predicted molar refractivity (Wildman–Crippen MR) is 104 cm³/mol. The van der Waals surface area contributed by atoms with Crippen LogP contribution in [0.2, 0.25) is 0 Å². The van der Waals surface area contributed by atoms with Crippen LogP contribution in [0.5, 0.6) is 0 Å². The van der Waals surface area contributed by atoms with Crippen LogP contribution in [0.15, 0.2) is 30.6 Å². The van der Waals surface area contributed by atoms with Gasteiger partial charge in [-0.25, -0.2) is 4.39 Å². The van der Waals surface area contributed by atoms with Gasteiger partial charge in [-0.3, -0.25) is 9.78 Å². The van der Waals surface area contributed by atoms with Gasteiger partial charge in [-0.05, 0) is 43.5 Å². The number of hydrogen-bond donors (Lipinski definition) is 2. The number of ether oxygens (including phenoxy) is 1. The number of carbonyl (C=O) groups is 1. The number of nitrogen functional groups attached to an aromatic ring is 1. The van der Waals surface area contributed by atoms with Crippen LogP contribution in [0.4, 0.5) is 15.9 Å². The van der Waals surface area contributed by atoms with Crippen LogP contribution in [0, 0.1) is 18.7 Å². The number of pyridine rings is 1. The molecule has 3 aromatic rings. The number of hydrogen-bond acceptors (Lipinski definition) is 6. The van der Waals surface area contributed by atoms with Crippen molar-refractivity contribution in [3.8, 4) is 11.1 Å². The van der Waals surface area contributed by atoms with Gasteiger partial charge < -0.3 is 15.8 Å². The summed E-state index contributed by atoms with van der Waals surface area (Å²) in [5, 5.41) is 11.4. The summed E-state index contributed by atoms with van der Waals surface area (Å²) in [5.74, 6) is -0.637. The van der Waals surface area contributed by atoms with Crippen molar-refractivity contribution in [1.82, 2.24) is 15.2 Å². The molecule has 1 unspecified atom stereocenters. The van der Waals surface area contributed by atoms with E-state index in [1.165, 1.54) is 0 Å². The Bertz CT molecular complexity index is 1050. The van der Waals surface area contributed by atoms with Crippen LogP contribution in [0.3, 0.4) is 0 Å². The van der Waals surface area contributed by atoms with Crippen LogP contribution < -0.4 is 11.1 Å². The van der Waals surface area contributed by atoms with Gasteiger partial charge in [0.1, 0.15) is 5.52 Å². The van der Waals surface area contributed by atoms with E-state index in [-0.39, 0.29) is 23.0 Å². The molecule has 1 atom stereocenters. The Morgan fingerprint density at radius 2 is 2.18 bits per heavy atom. The first-order chi connectivity index (χ1) is 13.5. The first kappa shape index (κ1) is 18.2. The average Bonchev–Trinajstić information content (AvgIpc) is 2.72. The number of amides is 1. The highest BCUT2D eigenvalue weighted by Gasteiger charge is 2.23. The Kier molecular flexibility index (Phi) is 4.87. The molecule has 0 spiro atoms. The number of rotatable bonds is 3. The van der Waals surface area contributed by atoms with Crippen molar-refractivity contribution < 1.29 is 13.9 Å². The van der Waals surface area contributed by atoms with Crippen molar-refractivity contribution in [1.29, 1.82) is 0 Å². The van der Waals surface area contributed by atoms with Crippen molar-refractivity contribution in [2.24, 2.45) is 5.92 Å². The third kappa shape index (κ3) is 3.38. The number of carbonyl (C=O) groups excluding carboxylic acids is 1. The lowest BCUT2D eigenvalue weighted by atomic mass is 9.99. The van der Waals surface area contributed by atoms with Gasteiger partial charge in [-0.1, -0.05) is 0 Å². The number of benzene rings is 1. The number of nitrogens with one attached hydrogen (secondary N) is 1. The molecule has 28 heavy (non-hydrogen) atoms.